The van der Waals surface area contributed by atoms with E-state index < -0.39 is 0 Å². The monoisotopic (exact) mass is 374 g/mol. The average molecular weight is 375 g/mol. The third-order valence-corrected chi connectivity index (χ3v) is 3.58. The number of aliphatic imine (C=N–C) groups is 1. The summed E-state index contributed by atoms with van der Waals surface area (Å²) in [5.74, 6) is 0.537. The summed E-state index contributed by atoms with van der Waals surface area (Å²) in [5, 5.41) is 0. The van der Waals surface area contributed by atoms with Gasteiger partial charge in [0.05, 0.1) is 9.40 Å². The lowest BCUT2D eigenvalue weighted by atomic mass is 9.95. The second-order valence-electron chi connectivity index (χ2n) is 3.61. The van der Waals surface area contributed by atoms with Crippen LogP contribution in [0.5, 0.6) is 0 Å². The van der Waals surface area contributed by atoms with E-state index in [9.17, 15) is 0 Å². The van der Waals surface area contributed by atoms with E-state index in [1.807, 2.05) is 6.20 Å². The van der Waals surface area contributed by atoms with Gasteiger partial charge in [0.25, 0.3) is 0 Å². The van der Waals surface area contributed by atoms with Crippen molar-refractivity contribution in [3.63, 3.8) is 0 Å². The van der Waals surface area contributed by atoms with Gasteiger partial charge in [-0.15, -0.1) is 0 Å². The number of rotatable bonds is 0. The Morgan fingerprint density at radius 3 is 3.13 bits per heavy atom. The van der Waals surface area contributed by atoms with Crippen LogP contribution in [0.2, 0.25) is 0 Å². The van der Waals surface area contributed by atoms with Gasteiger partial charge >= 0.3 is 0 Å². The fourth-order valence-electron chi connectivity index (χ4n) is 1.56. The molecule has 0 saturated carbocycles. The number of fused-ring (bicyclic) bond motifs is 1. The average Bonchev–Trinajstić information content (AvgIpc) is 2.27. The van der Waals surface area contributed by atoms with Crippen LogP contribution in [0.1, 0.15) is 13.3 Å². The Morgan fingerprint density at radius 1 is 1.67 bits per heavy atom. The minimum Gasteiger partial charge on any atom is -0.309 e. The van der Waals surface area contributed by atoms with Crippen molar-refractivity contribution in [3.05, 3.63) is 32.4 Å². The summed E-state index contributed by atoms with van der Waals surface area (Å²) < 4.78 is 1.92. The first kappa shape index (κ1) is 11.5. The first-order valence-corrected chi connectivity index (χ1v) is 6.53. The third kappa shape index (κ3) is 2.38. The molecule has 2 heterocycles. The molecule has 2 aliphatic heterocycles. The molecule has 2 nitrogen and oxygen atoms in total. The zero-order valence-corrected chi connectivity index (χ0v) is 12.0. The van der Waals surface area contributed by atoms with Crippen molar-refractivity contribution in [1.29, 1.82) is 0 Å². The van der Waals surface area contributed by atoms with Gasteiger partial charge in [-0.05, 0) is 50.9 Å². The molecule has 2 aliphatic rings. The third-order valence-electron chi connectivity index (χ3n) is 2.32. The van der Waals surface area contributed by atoms with E-state index in [0.29, 0.717) is 11.5 Å². The van der Waals surface area contributed by atoms with Crippen molar-refractivity contribution in [1.82, 2.24) is 4.90 Å². The Bertz CT molecular complexity index is 412. The predicted molar refractivity (Wildman–Crippen MR) is 76.0 cm³/mol. The van der Waals surface area contributed by atoms with E-state index >= 15 is 0 Å². The quantitative estimate of drug-likeness (QED) is 0.361. The van der Waals surface area contributed by atoms with Gasteiger partial charge < -0.3 is 4.90 Å². The molecule has 0 aromatic carbocycles. The van der Waals surface area contributed by atoms with Crippen molar-refractivity contribution in [2.45, 2.75) is 13.3 Å². The van der Waals surface area contributed by atoms with Crippen molar-refractivity contribution >= 4 is 52.0 Å². The van der Waals surface area contributed by atoms with Crippen LogP contribution < -0.4 is 0 Å². The molecule has 5 heteroatoms. The van der Waals surface area contributed by atoms with Crippen molar-refractivity contribution in [3.8, 4) is 0 Å². The molecule has 15 heavy (non-hydrogen) atoms. The fraction of sp³-hybridized carbons (Fsp3) is 0.300. The molecule has 0 spiro atoms. The highest BCUT2D eigenvalue weighted by molar-refractivity contribution is 14.1. The number of nitrogens with zero attached hydrogens (tertiary/aromatic N) is 2. The highest BCUT2D eigenvalue weighted by Gasteiger charge is 2.20. The Kier molecular flexibility index (Phi) is 3.40. The number of hydrogen-bond donors (Lipinski definition) is 0. The summed E-state index contributed by atoms with van der Waals surface area (Å²) in [6.45, 7) is 2.19. The largest absolute Gasteiger partial charge is 0.309 e. The van der Waals surface area contributed by atoms with Gasteiger partial charge in [0.1, 0.15) is 12.5 Å². The molecule has 0 bridgehead atoms. The smallest absolute Gasteiger partial charge is 0.144 e. The van der Waals surface area contributed by atoms with Gasteiger partial charge in [0, 0.05) is 11.8 Å². The summed E-state index contributed by atoms with van der Waals surface area (Å²) in [7, 11) is 5.90. The first-order chi connectivity index (χ1) is 7.08. The molecule has 0 fully saturated rings. The summed E-state index contributed by atoms with van der Waals surface area (Å²) in [6.07, 6.45) is 7.32. The van der Waals surface area contributed by atoms with E-state index in [4.69, 9.17) is 7.85 Å². The lowest BCUT2D eigenvalue weighted by molar-refractivity contribution is 0.646. The minimum absolute atomic E-state index is 0.537. The Morgan fingerprint density at radius 2 is 2.40 bits per heavy atom. The van der Waals surface area contributed by atoms with E-state index in [0.717, 1.165) is 16.7 Å². The molecule has 1 atom stereocenters. The Labute approximate surface area is 113 Å². The molecule has 0 N–H and O–H groups in total. The number of halogens is 2. The summed E-state index contributed by atoms with van der Waals surface area (Å²) in [5.41, 5.74) is 1.56. The van der Waals surface area contributed by atoms with Crippen LogP contribution in [0.15, 0.2) is 37.4 Å². The van der Waals surface area contributed by atoms with Crippen molar-refractivity contribution in [2.24, 2.45) is 10.9 Å². The van der Waals surface area contributed by atoms with Crippen LogP contribution >= 0.6 is 38.5 Å². The van der Waals surface area contributed by atoms with Gasteiger partial charge in [-0.3, -0.25) is 4.99 Å². The van der Waals surface area contributed by atoms with Gasteiger partial charge in [0.15, 0.2) is 0 Å². The molecule has 0 saturated heterocycles. The first-order valence-electron chi connectivity index (χ1n) is 4.66. The normalized spacial score (nSPS) is 25.8. The van der Waals surface area contributed by atoms with Gasteiger partial charge in [-0.2, -0.15) is 0 Å². The van der Waals surface area contributed by atoms with Gasteiger partial charge in [-0.1, -0.05) is 19.1 Å². The minimum atomic E-state index is 0.537. The van der Waals surface area contributed by atoms with Crippen LogP contribution in [-0.4, -0.2) is 18.4 Å². The Hall–Kier alpha value is -0.0351. The summed E-state index contributed by atoms with van der Waals surface area (Å²) in [6, 6.07) is 0. The van der Waals surface area contributed by atoms with Crippen LogP contribution in [0.4, 0.5) is 0 Å². The molecule has 76 valence electrons. The maximum absolute atomic E-state index is 5.90. The van der Waals surface area contributed by atoms with E-state index in [2.05, 4.69) is 67.5 Å². The Balaban J connectivity index is 2.47. The molecule has 0 aliphatic carbocycles. The number of allylic oxidation sites excluding steroid dienone is 3. The fourth-order valence-corrected chi connectivity index (χ4v) is 2.97. The van der Waals surface area contributed by atoms with Crippen LogP contribution in [0.3, 0.4) is 0 Å². The SMILES string of the molecule is [B]C1=NC(Br)=CN2C(I)=CC(C)CC=C12. The maximum Gasteiger partial charge on any atom is 0.144 e. The highest BCUT2D eigenvalue weighted by Crippen LogP contribution is 2.31. The van der Waals surface area contributed by atoms with Crippen LogP contribution in [0.25, 0.3) is 0 Å². The highest BCUT2D eigenvalue weighted by atomic mass is 127. The second-order valence-corrected chi connectivity index (χ2v) is 5.53. The maximum atomic E-state index is 5.90. The zero-order valence-electron chi connectivity index (χ0n) is 8.24. The summed E-state index contributed by atoms with van der Waals surface area (Å²) in [4.78, 5) is 6.27. The predicted octanol–water partition coefficient (Wildman–Crippen LogP) is 3.26. The molecular weight excluding hydrogens is 366 g/mol. The van der Waals surface area contributed by atoms with E-state index in [1.54, 1.807) is 0 Å². The molecule has 2 radical (unpaired) electrons. The summed E-state index contributed by atoms with van der Waals surface area (Å²) >= 11 is 5.67. The lowest BCUT2D eigenvalue weighted by Gasteiger charge is -2.26. The van der Waals surface area contributed by atoms with E-state index in [-0.39, 0.29) is 0 Å². The van der Waals surface area contributed by atoms with Crippen LogP contribution in [0, 0.1) is 5.92 Å². The molecule has 0 amide bonds. The lowest BCUT2D eigenvalue weighted by Crippen LogP contribution is -2.23. The second kappa shape index (κ2) is 4.45. The zero-order chi connectivity index (χ0) is 11.0. The van der Waals surface area contributed by atoms with Crippen LogP contribution in [-0.2, 0) is 0 Å². The molecular formula is C10H9BBrIN2. The standard InChI is InChI=1S/C10H9BBrIN2/c1-6-2-3-7-10(11)14-8(12)5-15(7)9(13)4-6/h3-6H,2H2,1H3. The molecule has 2 rings (SSSR count). The van der Waals surface area contributed by atoms with Crippen molar-refractivity contribution in [2.75, 3.05) is 0 Å². The van der Waals surface area contributed by atoms with Gasteiger partial charge in [-0.25, -0.2) is 0 Å². The van der Waals surface area contributed by atoms with E-state index in [1.165, 1.54) is 3.70 Å². The molecule has 0 aromatic heterocycles. The van der Waals surface area contributed by atoms with Gasteiger partial charge in [0.2, 0.25) is 0 Å². The topological polar surface area (TPSA) is 15.6 Å². The van der Waals surface area contributed by atoms with Crippen molar-refractivity contribution < 1.29 is 0 Å². The number of hydrogen-bond acceptors (Lipinski definition) is 2. The molecule has 0 aromatic rings. The molecule has 1 unspecified atom stereocenters.